The van der Waals surface area contributed by atoms with Gasteiger partial charge in [-0.25, -0.2) is 4.98 Å². The highest BCUT2D eigenvalue weighted by molar-refractivity contribution is 5.95. The summed E-state index contributed by atoms with van der Waals surface area (Å²) in [6.07, 6.45) is 1.50. The zero-order chi connectivity index (χ0) is 22.1. The van der Waals surface area contributed by atoms with Crippen molar-refractivity contribution in [2.75, 3.05) is 51.0 Å². The monoisotopic (exact) mass is 424 g/mol. The molecule has 1 amide bonds. The van der Waals surface area contributed by atoms with Gasteiger partial charge in [0.15, 0.2) is 5.82 Å². The van der Waals surface area contributed by atoms with Crippen LogP contribution in [0.4, 0.5) is 5.82 Å². The van der Waals surface area contributed by atoms with E-state index in [1.807, 2.05) is 19.9 Å². The lowest BCUT2D eigenvalue weighted by Crippen LogP contribution is -2.45. The van der Waals surface area contributed by atoms with Gasteiger partial charge < -0.3 is 9.47 Å². The maximum Gasteiger partial charge on any atom is 0.269 e. The maximum atomic E-state index is 12.8. The Morgan fingerprint density at radius 1 is 1.29 bits per heavy atom. The minimum atomic E-state index is -0.266. The zero-order valence-corrected chi connectivity index (χ0v) is 18.0. The zero-order valence-electron chi connectivity index (χ0n) is 18.0. The molecule has 0 aliphatic carbocycles. The molecule has 1 aliphatic rings. The van der Waals surface area contributed by atoms with Crippen LogP contribution >= 0.6 is 0 Å². The van der Waals surface area contributed by atoms with Crippen molar-refractivity contribution in [1.82, 2.24) is 20.3 Å². The van der Waals surface area contributed by atoms with E-state index >= 15 is 0 Å². The molecule has 9 heteroatoms. The first-order valence-corrected chi connectivity index (χ1v) is 10.4. The third-order valence-electron chi connectivity index (χ3n) is 4.70. The molecule has 2 heterocycles. The average Bonchev–Trinajstić information content (AvgIpc) is 2.79. The van der Waals surface area contributed by atoms with Crippen LogP contribution in [-0.4, -0.2) is 66.8 Å². The molecule has 0 spiro atoms. The first kappa shape index (κ1) is 22.5. The second-order valence-electron chi connectivity index (χ2n) is 7.62. The third kappa shape index (κ3) is 6.91. The number of nitrogens with zero attached hydrogens (tertiary/aromatic N) is 5. The SMILES string of the molecule is CC(C)CN(NC(=O)c1ccc(OCCN2CCOCC2)cc1)c1ccnc(C#N)n1. The van der Waals surface area contributed by atoms with Crippen LogP contribution in [0.3, 0.4) is 0 Å². The minimum Gasteiger partial charge on any atom is -0.492 e. The van der Waals surface area contributed by atoms with Crippen LogP contribution in [0.1, 0.15) is 30.0 Å². The van der Waals surface area contributed by atoms with Crippen LogP contribution in [-0.2, 0) is 4.74 Å². The van der Waals surface area contributed by atoms with E-state index in [1.54, 1.807) is 35.3 Å². The highest BCUT2D eigenvalue weighted by Gasteiger charge is 2.16. The number of anilines is 1. The van der Waals surface area contributed by atoms with Crippen LogP contribution in [0.15, 0.2) is 36.5 Å². The Balaban J connectivity index is 1.57. The average molecular weight is 425 g/mol. The van der Waals surface area contributed by atoms with Gasteiger partial charge >= 0.3 is 0 Å². The van der Waals surface area contributed by atoms with Crippen LogP contribution in [0.2, 0.25) is 0 Å². The Bertz CT molecular complexity index is 891. The van der Waals surface area contributed by atoms with Crippen LogP contribution in [0.5, 0.6) is 5.75 Å². The first-order valence-electron chi connectivity index (χ1n) is 10.4. The van der Waals surface area contributed by atoms with Crippen molar-refractivity contribution < 1.29 is 14.3 Å². The molecule has 1 aromatic carbocycles. The van der Waals surface area contributed by atoms with Gasteiger partial charge in [0.05, 0.1) is 13.2 Å². The summed E-state index contributed by atoms with van der Waals surface area (Å²) in [5.41, 5.74) is 3.38. The van der Waals surface area contributed by atoms with Gasteiger partial charge in [0.2, 0.25) is 5.82 Å². The molecule has 2 aromatic rings. The molecule has 0 radical (unpaired) electrons. The molecular formula is C22H28N6O3. The van der Waals surface area contributed by atoms with E-state index in [-0.39, 0.29) is 17.6 Å². The lowest BCUT2D eigenvalue weighted by molar-refractivity contribution is 0.0322. The topological polar surface area (TPSA) is 104 Å². The summed E-state index contributed by atoms with van der Waals surface area (Å²) in [7, 11) is 0. The lowest BCUT2D eigenvalue weighted by Gasteiger charge is -2.26. The second kappa shape index (κ2) is 11.2. The summed E-state index contributed by atoms with van der Waals surface area (Å²) >= 11 is 0. The predicted octanol–water partition coefficient (Wildman–Crippen LogP) is 1.87. The fourth-order valence-corrected chi connectivity index (χ4v) is 3.12. The summed E-state index contributed by atoms with van der Waals surface area (Å²) in [6.45, 7) is 9.44. The molecule has 0 saturated carbocycles. The van der Waals surface area contributed by atoms with E-state index in [4.69, 9.17) is 14.7 Å². The molecule has 164 valence electrons. The number of hydrazine groups is 1. The third-order valence-corrected chi connectivity index (χ3v) is 4.70. The molecule has 3 rings (SSSR count). The van der Waals surface area contributed by atoms with Gasteiger partial charge in [-0.2, -0.15) is 10.2 Å². The van der Waals surface area contributed by atoms with Gasteiger partial charge in [0.25, 0.3) is 5.91 Å². The fourth-order valence-electron chi connectivity index (χ4n) is 3.12. The second-order valence-corrected chi connectivity index (χ2v) is 7.62. The number of nitrogens with one attached hydrogen (secondary N) is 1. The van der Waals surface area contributed by atoms with Crippen molar-refractivity contribution in [3.05, 3.63) is 47.9 Å². The van der Waals surface area contributed by atoms with E-state index in [0.29, 0.717) is 24.5 Å². The number of hydrogen-bond acceptors (Lipinski definition) is 8. The van der Waals surface area contributed by atoms with Gasteiger partial charge in [-0.05, 0) is 30.2 Å². The Morgan fingerprint density at radius 2 is 2.03 bits per heavy atom. The normalized spacial score (nSPS) is 14.1. The lowest BCUT2D eigenvalue weighted by atomic mass is 10.2. The summed E-state index contributed by atoms with van der Waals surface area (Å²) in [4.78, 5) is 23.2. The Hall–Kier alpha value is -3.22. The number of amides is 1. The number of carbonyl (C=O) groups is 1. The van der Waals surface area contributed by atoms with Crippen molar-refractivity contribution in [3.8, 4) is 11.8 Å². The number of hydrogen-bond donors (Lipinski definition) is 1. The number of carbonyl (C=O) groups excluding carboxylic acids is 1. The number of aromatic nitrogens is 2. The van der Waals surface area contributed by atoms with E-state index in [0.717, 1.165) is 38.6 Å². The maximum absolute atomic E-state index is 12.8. The number of ether oxygens (including phenoxy) is 2. The molecule has 31 heavy (non-hydrogen) atoms. The molecule has 0 unspecified atom stereocenters. The highest BCUT2D eigenvalue weighted by Crippen LogP contribution is 2.14. The number of morpholine rings is 1. The van der Waals surface area contributed by atoms with Crippen molar-refractivity contribution in [3.63, 3.8) is 0 Å². The van der Waals surface area contributed by atoms with Crippen LogP contribution in [0, 0.1) is 17.2 Å². The summed E-state index contributed by atoms with van der Waals surface area (Å²) in [5.74, 6) is 1.25. The van der Waals surface area contributed by atoms with Gasteiger partial charge in [-0.1, -0.05) is 13.8 Å². The van der Waals surface area contributed by atoms with Gasteiger partial charge in [-0.15, -0.1) is 0 Å². The molecule has 1 aliphatic heterocycles. The molecule has 1 saturated heterocycles. The molecule has 0 atom stereocenters. The van der Waals surface area contributed by atoms with Crippen molar-refractivity contribution in [1.29, 1.82) is 5.26 Å². The van der Waals surface area contributed by atoms with Gasteiger partial charge in [-0.3, -0.25) is 20.1 Å². The molecule has 9 nitrogen and oxygen atoms in total. The number of nitriles is 1. The summed E-state index contributed by atoms with van der Waals surface area (Å²) < 4.78 is 11.1. The van der Waals surface area contributed by atoms with Crippen molar-refractivity contribution in [2.45, 2.75) is 13.8 Å². The Kier molecular flexibility index (Phi) is 8.15. The van der Waals surface area contributed by atoms with Gasteiger partial charge in [0, 0.05) is 44.0 Å². The molecule has 0 bridgehead atoms. The fraction of sp³-hybridized carbons (Fsp3) is 0.455. The van der Waals surface area contributed by atoms with E-state index in [9.17, 15) is 4.79 Å². The molecular weight excluding hydrogens is 396 g/mol. The standard InChI is InChI=1S/C22H28N6O3/c1-17(2)16-28(21-7-8-24-20(15-23)25-21)26-22(29)18-3-5-19(6-4-18)31-14-11-27-9-12-30-13-10-27/h3-8,17H,9-14,16H2,1-2H3,(H,26,29). The predicted molar refractivity (Wildman–Crippen MR) is 116 cm³/mol. The molecule has 1 fully saturated rings. The van der Waals surface area contributed by atoms with Gasteiger partial charge in [0.1, 0.15) is 18.4 Å². The summed E-state index contributed by atoms with van der Waals surface area (Å²) in [5, 5.41) is 10.7. The molecule has 1 N–H and O–H groups in total. The van der Waals surface area contributed by atoms with Crippen LogP contribution in [0.25, 0.3) is 0 Å². The van der Waals surface area contributed by atoms with E-state index in [2.05, 4.69) is 20.3 Å². The van der Waals surface area contributed by atoms with Crippen molar-refractivity contribution >= 4 is 11.7 Å². The Morgan fingerprint density at radius 3 is 2.71 bits per heavy atom. The minimum absolute atomic E-state index is 0.0547. The first-order chi connectivity index (χ1) is 15.0. The Labute approximate surface area is 182 Å². The van der Waals surface area contributed by atoms with E-state index in [1.165, 1.54) is 6.20 Å². The van der Waals surface area contributed by atoms with E-state index < -0.39 is 0 Å². The van der Waals surface area contributed by atoms with Crippen LogP contribution < -0.4 is 15.2 Å². The number of rotatable bonds is 9. The smallest absolute Gasteiger partial charge is 0.269 e. The van der Waals surface area contributed by atoms with Crippen molar-refractivity contribution in [2.24, 2.45) is 5.92 Å². The highest BCUT2D eigenvalue weighted by atomic mass is 16.5. The largest absolute Gasteiger partial charge is 0.492 e. The number of benzene rings is 1. The molecule has 1 aromatic heterocycles. The quantitative estimate of drug-likeness (QED) is 0.609. The summed E-state index contributed by atoms with van der Waals surface area (Å²) in [6, 6.07) is 10.6.